The highest BCUT2D eigenvalue weighted by Crippen LogP contribution is 2.39. The van der Waals surface area contributed by atoms with E-state index >= 15 is 0 Å². The second-order valence-corrected chi connectivity index (χ2v) is 5.11. The molecule has 0 aromatic rings. The van der Waals surface area contributed by atoms with Crippen LogP contribution in [-0.2, 0) is 4.79 Å². The SMILES string of the molecule is CC1CCN(C(=O)C(F)F)C2CCCCC12. The quantitative estimate of drug-likeness (QED) is 0.679. The van der Waals surface area contributed by atoms with Gasteiger partial charge in [0.15, 0.2) is 0 Å². The van der Waals surface area contributed by atoms with Crippen molar-refractivity contribution in [3.63, 3.8) is 0 Å². The first kappa shape index (κ1) is 11.8. The summed E-state index contributed by atoms with van der Waals surface area (Å²) in [6.45, 7) is 2.71. The lowest BCUT2D eigenvalue weighted by Crippen LogP contribution is -2.53. The third-order valence-corrected chi connectivity index (χ3v) is 4.21. The predicted molar refractivity (Wildman–Crippen MR) is 57.2 cm³/mol. The number of amides is 1. The maximum Gasteiger partial charge on any atom is 0.315 e. The first-order valence-corrected chi connectivity index (χ1v) is 6.20. The Morgan fingerprint density at radius 3 is 2.62 bits per heavy atom. The van der Waals surface area contributed by atoms with Gasteiger partial charge in [-0.2, -0.15) is 8.78 Å². The summed E-state index contributed by atoms with van der Waals surface area (Å²) in [4.78, 5) is 12.9. The molecular weight excluding hydrogens is 212 g/mol. The number of halogens is 2. The van der Waals surface area contributed by atoms with E-state index in [-0.39, 0.29) is 6.04 Å². The largest absolute Gasteiger partial charge is 0.334 e. The number of carbonyl (C=O) groups excluding carboxylic acids is 1. The van der Waals surface area contributed by atoms with Gasteiger partial charge in [-0.3, -0.25) is 4.79 Å². The van der Waals surface area contributed by atoms with Gasteiger partial charge in [0, 0.05) is 12.6 Å². The van der Waals surface area contributed by atoms with Crippen LogP contribution >= 0.6 is 0 Å². The summed E-state index contributed by atoms with van der Waals surface area (Å²) in [5.74, 6) is 0.0704. The number of likely N-dealkylation sites (tertiary alicyclic amines) is 1. The molecule has 1 heterocycles. The summed E-state index contributed by atoms with van der Waals surface area (Å²) in [6.07, 6.45) is 2.30. The van der Waals surface area contributed by atoms with Crippen LogP contribution in [0, 0.1) is 11.8 Å². The molecule has 1 saturated carbocycles. The molecule has 0 radical (unpaired) electrons. The van der Waals surface area contributed by atoms with E-state index in [1.807, 2.05) is 0 Å². The standard InChI is InChI=1S/C12H19F2NO/c1-8-6-7-15(12(16)11(13)14)10-5-3-2-4-9(8)10/h8-11H,2-7H2,1H3. The Morgan fingerprint density at radius 1 is 1.25 bits per heavy atom. The van der Waals surface area contributed by atoms with Crippen LogP contribution in [0.3, 0.4) is 0 Å². The van der Waals surface area contributed by atoms with Crippen molar-refractivity contribution in [3.8, 4) is 0 Å². The minimum atomic E-state index is -2.84. The molecule has 4 heteroatoms. The first-order chi connectivity index (χ1) is 7.61. The third kappa shape index (κ3) is 2.06. The van der Waals surface area contributed by atoms with Crippen molar-refractivity contribution in [1.82, 2.24) is 4.90 Å². The van der Waals surface area contributed by atoms with Crippen molar-refractivity contribution in [3.05, 3.63) is 0 Å². The number of hydrogen-bond acceptors (Lipinski definition) is 1. The zero-order chi connectivity index (χ0) is 11.7. The minimum absolute atomic E-state index is 0.0824. The molecule has 2 nitrogen and oxygen atoms in total. The average Bonchev–Trinajstić information content (AvgIpc) is 2.29. The second kappa shape index (κ2) is 4.68. The number of carbonyl (C=O) groups is 1. The number of piperidine rings is 1. The molecule has 2 rings (SSSR count). The van der Waals surface area contributed by atoms with E-state index in [2.05, 4.69) is 6.92 Å². The van der Waals surface area contributed by atoms with Crippen LogP contribution in [0.25, 0.3) is 0 Å². The molecule has 3 atom stereocenters. The van der Waals surface area contributed by atoms with Crippen LogP contribution in [0.4, 0.5) is 8.78 Å². The predicted octanol–water partition coefficient (Wildman–Crippen LogP) is 2.68. The van der Waals surface area contributed by atoms with Gasteiger partial charge >= 0.3 is 6.43 Å². The van der Waals surface area contributed by atoms with Crippen molar-refractivity contribution in [2.24, 2.45) is 11.8 Å². The summed E-state index contributed by atoms with van der Waals surface area (Å²) in [5.41, 5.74) is 0. The fourth-order valence-corrected chi connectivity index (χ4v) is 3.31. The van der Waals surface area contributed by atoms with Gasteiger partial charge in [0.1, 0.15) is 0 Å². The van der Waals surface area contributed by atoms with Gasteiger partial charge in [0.25, 0.3) is 5.91 Å². The third-order valence-electron chi connectivity index (χ3n) is 4.21. The van der Waals surface area contributed by atoms with Gasteiger partial charge in [-0.05, 0) is 31.1 Å². The Balaban J connectivity index is 2.11. The minimum Gasteiger partial charge on any atom is -0.334 e. The fraction of sp³-hybridized carbons (Fsp3) is 0.917. The van der Waals surface area contributed by atoms with Gasteiger partial charge < -0.3 is 4.90 Å². The molecule has 92 valence electrons. The van der Waals surface area contributed by atoms with E-state index in [4.69, 9.17) is 0 Å². The Kier molecular flexibility index (Phi) is 3.45. The highest BCUT2D eigenvalue weighted by Gasteiger charge is 2.41. The molecule has 1 amide bonds. The van der Waals surface area contributed by atoms with Crippen molar-refractivity contribution in [2.45, 2.75) is 51.5 Å². The van der Waals surface area contributed by atoms with Crippen LogP contribution in [-0.4, -0.2) is 29.8 Å². The highest BCUT2D eigenvalue weighted by atomic mass is 19.3. The highest BCUT2D eigenvalue weighted by molar-refractivity contribution is 5.79. The topological polar surface area (TPSA) is 20.3 Å². The van der Waals surface area contributed by atoms with E-state index in [1.165, 1.54) is 11.3 Å². The summed E-state index contributed by atoms with van der Waals surface area (Å²) in [6, 6.07) is 0.0824. The van der Waals surface area contributed by atoms with Crippen LogP contribution in [0.2, 0.25) is 0 Å². The van der Waals surface area contributed by atoms with Gasteiger partial charge in [0.05, 0.1) is 0 Å². The lowest BCUT2D eigenvalue weighted by Gasteiger charge is -2.47. The monoisotopic (exact) mass is 231 g/mol. The molecular formula is C12H19F2NO. The van der Waals surface area contributed by atoms with Crippen LogP contribution in [0.5, 0.6) is 0 Å². The molecule has 3 unspecified atom stereocenters. The number of rotatable bonds is 1. The van der Waals surface area contributed by atoms with Crippen molar-refractivity contribution in [1.29, 1.82) is 0 Å². The van der Waals surface area contributed by atoms with Crippen LogP contribution in [0.15, 0.2) is 0 Å². The molecule has 1 aliphatic carbocycles. The Morgan fingerprint density at radius 2 is 1.94 bits per heavy atom. The average molecular weight is 231 g/mol. The van der Waals surface area contributed by atoms with Gasteiger partial charge in [-0.25, -0.2) is 0 Å². The fourth-order valence-electron chi connectivity index (χ4n) is 3.31. The normalized spacial score (nSPS) is 35.0. The summed E-state index contributed by atoms with van der Waals surface area (Å²) < 4.78 is 25.0. The zero-order valence-electron chi connectivity index (χ0n) is 9.66. The molecule has 0 spiro atoms. The van der Waals surface area contributed by atoms with Crippen molar-refractivity contribution >= 4 is 5.91 Å². The number of fused-ring (bicyclic) bond motifs is 1. The number of alkyl halides is 2. The molecule has 0 N–H and O–H groups in total. The second-order valence-electron chi connectivity index (χ2n) is 5.11. The van der Waals surface area contributed by atoms with Gasteiger partial charge in [-0.15, -0.1) is 0 Å². The van der Waals surface area contributed by atoms with Crippen LogP contribution < -0.4 is 0 Å². The van der Waals surface area contributed by atoms with E-state index in [0.29, 0.717) is 18.4 Å². The molecule has 0 aromatic carbocycles. The van der Waals surface area contributed by atoms with E-state index in [1.54, 1.807) is 0 Å². The summed E-state index contributed by atoms with van der Waals surface area (Å²) >= 11 is 0. The lowest BCUT2D eigenvalue weighted by molar-refractivity contribution is -0.150. The molecule has 16 heavy (non-hydrogen) atoms. The number of nitrogens with zero attached hydrogens (tertiary/aromatic N) is 1. The van der Waals surface area contributed by atoms with Gasteiger partial charge in [0.2, 0.25) is 0 Å². The molecule has 1 saturated heterocycles. The Labute approximate surface area is 95.0 Å². The zero-order valence-corrected chi connectivity index (χ0v) is 9.66. The van der Waals surface area contributed by atoms with Crippen molar-refractivity contribution < 1.29 is 13.6 Å². The van der Waals surface area contributed by atoms with E-state index in [0.717, 1.165) is 25.7 Å². The Hall–Kier alpha value is -0.670. The maximum absolute atomic E-state index is 12.5. The molecule has 2 aliphatic rings. The summed E-state index contributed by atoms with van der Waals surface area (Å²) in [7, 11) is 0. The molecule has 1 aliphatic heterocycles. The maximum atomic E-state index is 12.5. The summed E-state index contributed by atoms with van der Waals surface area (Å²) in [5, 5.41) is 0. The van der Waals surface area contributed by atoms with E-state index in [9.17, 15) is 13.6 Å². The lowest BCUT2D eigenvalue weighted by atomic mass is 9.72. The van der Waals surface area contributed by atoms with E-state index < -0.39 is 12.3 Å². The molecule has 0 aromatic heterocycles. The first-order valence-electron chi connectivity index (χ1n) is 6.20. The van der Waals surface area contributed by atoms with Gasteiger partial charge in [-0.1, -0.05) is 19.8 Å². The Bertz CT molecular complexity index is 270. The smallest absolute Gasteiger partial charge is 0.315 e. The molecule has 0 bridgehead atoms. The van der Waals surface area contributed by atoms with Crippen molar-refractivity contribution in [2.75, 3.05) is 6.54 Å². The van der Waals surface area contributed by atoms with Crippen LogP contribution in [0.1, 0.15) is 39.0 Å². The number of hydrogen-bond donors (Lipinski definition) is 0. The molecule has 2 fully saturated rings.